The third kappa shape index (κ3) is 4.50. The summed E-state index contributed by atoms with van der Waals surface area (Å²) in [6.45, 7) is 0. The van der Waals surface area contributed by atoms with Crippen LogP contribution in [0.4, 0.5) is 0 Å². The molecule has 0 spiro atoms. The van der Waals surface area contributed by atoms with Crippen molar-refractivity contribution >= 4 is 20.0 Å². The van der Waals surface area contributed by atoms with E-state index in [1.807, 2.05) is 0 Å². The summed E-state index contributed by atoms with van der Waals surface area (Å²) in [5, 5.41) is 0. The van der Waals surface area contributed by atoms with Gasteiger partial charge in [-0.05, 0) is 37.1 Å². The molecule has 2 N–H and O–H groups in total. The van der Waals surface area contributed by atoms with Gasteiger partial charge in [-0.15, -0.1) is 0 Å². The zero-order valence-electron chi connectivity index (χ0n) is 14.2. The lowest BCUT2D eigenvalue weighted by molar-refractivity contribution is 0.340. The van der Waals surface area contributed by atoms with Gasteiger partial charge < -0.3 is 0 Å². The average molecular weight is 395 g/mol. The van der Waals surface area contributed by atoms with Crippen LogP contribution in [0.25, 0.3) is 0 Å². The number of nitrogens with one attached hydrogen (secondary N) is 2. The van der Waals surface area contributed by atoms with E-state index in [-0.39, 0.29) is 9.79 Å². The Morgan fingerprint density at radius 2 is 0.962 bits per heavy atom. The first-order valence-electron chi connectivity index (χ1n) is 8.53. The minimum atomic E-state index is -3.70. The molecule has 0 unspecified atom stereocenters. The molecular weight excluding hydrogens is 372 g/mol. The van der Waals surface area contributed by atoms with Crippen molar-refractivity contribution in [1.82, 2.24) is 9.44 Å². The molecule has 0 heterocycles. The van der Waals surface area contributed by atoms with Crippen molar-refractivity contribution in [2.24, 2.45) is 0 Å². The van der Waals surface area contributed by atoms with E-state index < -0.39 is 32.1 Å². The van der Waals surface area contributed by atoms with Crippen molar-refractivity contribution < 1.29 is 16.8 Å². The van der Waals surface area contributed by atoms with Crippen LogP contribution in [0.3, 0.4) is 0 Å². The van der Waals surface area contributed by atoms with Gasteiger partial charge in [-0.3, -0.25) is 0 Å². The van der Waals surface area contributed by atoms with E-state index >= 15 is 0 Å². The highest BCUT2D eigenvalue weighted by molar-refractivity contribution is 7.90. The first kappa shape index (κ1) is 19.0. The van der Waals surface area contributed by atoms with Crippen molar-refractivity contribution in [1.29, 1.82) is 0 Å². The molecule has 1 fully saturated rings. The molecule has 0 bridgehead atoms. The quantitative estimate of drug-likeness (QED) is 0.786. The number of rotatable bonds is 6. The lowest BCUT2D eigenvalue weighted by atomic mass is 9.92. The van der Waals surface area contributed by atoms with E-state index in [1.54, 1.807) is 36.4 Å². The zero-order chi connectivity index (χ0) is 18.6. The van der Waals surface area contributed by atoms with Gasteiger partial charge in [-0.1, -0.05) is 49.2 Å². The molecule has 1 saturated carbocycles. The topological polar surface area (TPSA) is 92.3 Å². The first-order chi connectivity index (χ1) is 12.4. The molecule has 0 aromatic heterocycles. The van der Waals surface area contributed by atoms with Crippen molar-refractivity contribution in [2.75, 3.05) is 0 Å². The Bertz CT molecular complexity index is 850. The fourth-order valence-electron chi connectivity index (χ4n) is 3.15. The summed E-state index contributed by atoms with van der Waals surface area (Å²) in [5.74, 6) is 0. The van der Waals surface area contributed by atoms with Crippen LogP contribution in [0.2, 0.25) is 0 Å². The second-order valence-electron chi connectivity index (χ2n) is 6.37. The SMILES string of the molecule is O=S(=O)(N[C@H]1CCCC[C@H]1NS(=O)(=O)c1ccccc1)c1ccccc1. The molecule has 0 saturated heterocycles. The van der Waals surface area contributed by atoms with Gasteiger partial charge in [0.15, 0.2) is 0 Å². The number of hydrogen-bond acceptors (Lipinski definition) is 4. The first-order valence-corrected chi connectivity index (χ1v) is 11.5. The third-order valence-electron chi connectivity index (χ3n) is 4.49. The summed E-state index contributed by atoms with van der Waals surface area (Å²) in [5.41, 5.74) is 0. The summed E-state index contributed by atoms with van der Waals surface area (Å²) >= 11 is 0. The summed E-state index contributed by atoms with van der Waals surface area (Å²) < 4.78 is 55.7. The average Bonchev–Trinajstić information content (AvgIpc) is 2.64. The van der Waals surface area contributed by atoms with Crippen LogP contribution in [-0.4, -0.2) is 28.9 Å². The van der Waals surface area contributed by atoms with Gasteiger partial charge in [0.2, 0.25) is 20.0 Å². The maximum atomic E-state index is 12.6. The van der Waals surface area contributed by atoms with Crippen LogP contribution in [0, 0.1) is 0 Å². The summed E-state index contributed by atoms with van der Waals surface area (Å²) in [6, 6.07) is 15.3. The molecule has 8 heteroatoms. The van der Waals surface area contributed by atoms with Gasteiger partial charge in [0.25, 0.3) is 0 Å². The van der Waals surface area contributed by atoms with E-state index in [1.165, 1.54) is 24.3 Å². The molecular formula is C18H22N2O4S2. The Morgan fingerprint density at radius 3 is 1.31 bits per heavy atom. The van der Waals surface area contributed by atoms with E-state index in [2.05, 4.69) is 9.44 Å². The van der Waals surface area contributed by atoms with Crippen LogP contribution in [0.15, 0.2) is 70.5 Å². The van der Waals surface area contributed by atoms with E-state index in [9.17, 15) is 16.8 Å². The smallest absolute Gasteiger partial charge is 0.207 e. The van der Waals surface area contributed by atoms with Crippen LogP contribution in [0.5, 0.6) is 0 Å². The Kier molecular flexibility index (Phi) is 5.76. The number of benzene rings is 2. The summed E-state index contributed by atoms with van der Waals surface area (Å²) in [6.07, 6.45) is 2.89. The van der Waals surface area contributed by atoms with Gasteiger partial charge >= 0.3 is 0 Å². The highest BCUT2D eigenvalue weighted by Gasteiger charge is 2.32. The van der Waals surface area contributed by atoms with Crippen molar-refractivity contribution in [2.45, 2.75) is 47.6 Å². The highest BCUT2D eigenvalue weighted by atomic mass is 32.2. The molecule has 0 radical (unpaired) electrons. The van der Waals surface area contributed by atoms with E-state index in [4.69, 9.17) is 0 Å². The summed E-state index contributed by atoms with van der Waals surface area (Å²) in [4.78, 5) is 0.352. The minimum Gasteiger partial charge on any atom is -0.207 e. The van der Waals surface area contributed by atoms with Crippen LogP contribution >= 0.6 is 0 Å². The second kappa shape index (κ2) is 7.87. The maximum absolute atomic E-state index is 12.6. The molecule has 1 aliphatic carbocycles. The molecule has 0 amide bonds. The fraction of sp³-hybridized carbons (Fsp3) is 0.333. The van der Waals surface area contributed by atoms with E-state index in [0.717, 1.165) is 12.8 Å². The Hall–Kier alpha value is -1.74. The van der Waals surface area contributed by atoms with Gasteiger partial charge in [-0.2, -0.15) is 0 Å². The third-order valence-corrected chi connectivity index (χ3v) is 7.50. The van der Waals surface area contributed by atoms with Gasteiger partial charge in [0.1, 0.15) is 0 Å². The van der Waals surface area contributed by atoms with Crippen molar-refractivity contribution in [3.63, 3.8) is 0 Å². The Morgan fingerprint density at radius 1 is 0.615 bits per heavy atom. The van der Waals surface area contributed by atoms with Gasteiger partial charge in [0, 0.05) is 12.1 Å². The molecule has 6 nitrogen and oxygen atoms in total. The van der Waals surface area contributed by atoms with Crippen molar-refractivity contribution in [3.05, 3.63) is 60.7 Å². The van der Waals surface area contributed by atoms with Crippen LogP contribution in [-0.2, 0) is 20.0 Å². The molecule has 1 aliphatic rings. The predicted molar refractivity (Wildman–Crippen MR) is 99.6 cm³/mol. The molecule has 2 aromatic carbocycles. The largest absolute Gasteiger partial charge is 0.240 e. The minimum absolute atomic E-state index is 0.176. The lowest BCUT2D eigenvalue weighted by Crippen LogP contribution is -2.52. The molecule has 26 heavy (non-hydrogen) atoms. The highest BCUT2D eigenvalue weighted by Crippen LogP contribution is 2.22. The summed E-state index contributed by atoms with van der Waals surface area (Å²) in [7, 11) is -7.40. The lowest BCUT2D eigenvalue weighted by Gasteiger charge is -2.32. The Labute approximate surface area is 154 Å². The second-order valence-corrected chi connectivity index (χ2v) is 9.79. The fourth-order valence-corrected chi connectivity index (χ4v) is 5.81. The van der Waals surface area contributed by atoms with Crippen molar-refractivity contribution in [3.8, 4) is 0 Å². The number of sulfonamides is 2. The molecule has 140 valence electrons. The standard InChI is InChI=1S/C18H22N2O4S2/c21-25(22,15-9-3-1-4-10-15)19-17-13-7-8-14-18(17)20-26(23,24)16-11-5-2-6-12-16/h1-6,9-12,17-20H,7-8,13-14H2/t17-,18+. The normalized spacial score (nSPS) is 21.4. The van der Waals surface area contributed by atoms with Gasteiger partial charge in [0.05, 0.1) is 9.79 Å². The van der Waals surface area contributed by atoms with Crippen LogP contribution < -0.4 is 9.44 Å². The zero-order valence-corrected chi connectivity index (χ0v) is 15.8. The maximum Gasteiger partial charge on any atom is 0.240 e. The molecule has 0 aliphatic heterocycles. The molecule has 2 aromatic rings. The van der Waals surface area contributed by atoms with E-state index in [0.29, 0.717) is 12.8 Å². The molecule has 2 atom stereocenters. The predicted octanol–water partition coefficient (Wildman–Crippen LogP) is 2.25. The van der Waals surface area contributed by atoms with Crippen LogP contribution in [0.1, 0.15) is 25.7 Å². The number of hydrogen-bond donors (Lipinski definition) is 2. The van der Waals surface area contributed by atoms with Gasteiger partial charge in [-0.25, -0.2) is 26.3 Å². The monoisotopic (exact) mass is 394 g/mol. The molecule has 3 rings (SSSR count). The Balaban J connectivity index is 1.78.